The first-order valence-electron chi connectivity index (χ1n) is 14.3. The van der Waals surface area contributed by atoms with Gasteiger partial charge in [0.2, 0.25) is 0 Å². The van der Waals surface area contributed by atoms with Gasteiger partial charge in [0.1, 0.15) is 6.17 Å². The highest BCUT2D eigenvalue weighted by atomic mass is 16.3. The van der Waals surface area contributed by atoms with E-state index < -0.39 is 0 Å². The summed E-state index contributed by atoms with van der Waals surface area (Å²) in [4.78, 5) is 9.54. The third kappa shape index (κ3) is 3.02. The van der Waals surface area contributed by atoms with E-state index in [2.05, 4.69) is 34.6 Å². The van der Waals surface area contributed by atoms with Crippen LogP contribution in [0.3, 0.4) is 0 Å². The minimum atomic E-state index is -0.140. The van der Waals surface area contributed by atoms with Crippen molar-refractivity contribution in [2.24, 2.45) is 67.2 Å². The third-order valence-corrected chi connectivity index (χ3v) is 13.1. The molecule has 0 spiro atoms. The standard InChI is InChI=1S/C30H47N3O/c1-27(2)22-10-14-29(4)21-9-13-28(3)12-8-20(26-32-16-18(31)17-33-26)25(28)19(21)6-7-23(29)30(22,5)15-11-24(27)34/h16-17,19-26,31,34H,6-15H2,1-5H3. The summed E-state index contributed by atoms with van der Waals surface area (Å²) in [7, 11) is 0. The first-order valence-corrected chi connectivity index (χ1v) is 14.3. The second kappa shape index (κ2) is 7.49. The molecule has 0 aromatic rings. The van der Waals surface area contributed by atoms with E-state index in [1.165, 1.54) is 57.8 Å². The largest absolute Gasteiger partial charge is 0.393 e. The van der Waals surface area contributed by atoms with Crippen LogP contribution in [-0.2, 0) is 0 Å². The van der Waals surface area contributed by atoms with Gasteiger partial charge in [-0.05, 0) is 115 Å². The normalized spacial score (nSPS) is 55.8. The number of nitrogens with zero attached hydrogens (tertiary/aromatic N) is 2. The first kappa shape index (κ1) is 23.4. The number of fused-ring (bicyclic) bond motifs is 7. The van der Waals surface area contributed by atoms with Crippen molar-refractivity contribution in [2.45, 2.75) is 111 Å². The molecular weight excluding hydrogens is 418 g/mol. The lowest BCUT2D eigenvalue weighted by atomic mass is 9.36. The van der Waals surface area contributed by atoms with Crippen molar-refractivity contribution in [1.29, 1.82) is 5.41 Å². The molecule has 1 aliphatic heterocycles. The second-order valence-corrected chi connectivity index (χ2v) is 14.7. The van der Waals surface area contributed by atoms with Crippen LogP contribution in [0.2, 0.25) is 0 Å². The predicted octanol–water partition coefficient (Wildman–Crippen LogP) is 6.56. The molecule has 0 saturated heterocycles. The zero-order chi connectivity index (χ0) is 24.1. The van der Waals surface area contributed by atoms with Crippen molar-refractivity contribution in [3.8, 4) is 0 Å². The molecule has 5 aliphatic carbocycles. The first-order chi connectivity index (χ1) is 16.0. The Morgan fingerprint density at radius 2 is 1.44 bits per heavy atom. The summed E-state index contributed by atoms with van der Waals surface area (Å²) in [6, 6.07) is 0. The van der Waals surface area contributed by atoms with E-state index in [0.29, 0.717) is 33.8 Å². The number of aliphatic imine (C=N–C) groups is 2. The minimum absolute atomic E-state index is 0.0393. The molecule has 2 N–H and O–H groups in total. The van der Waals surface area contributed by atoms with Gasteiger partial charge in [0.25, 0.3) is 0 Å². The van der Waals surface area contributed by atoms with Gasteiger partial charge in [0.05, 0.1) is 24.2 Å². The highest BCUT2D eigenvalue weighted by molar-refractivity contribution is 6.55. The quantitative estimate of drug-likeness (QED) is 0.452. The van der Waals surface area contributed by atoms with Crippen LogP contribution in [0.5, 0.6) is 0 Å². The van der Waals surface area contributed by atoms with Crippen LogP contribution >= 0.6 is 0 Å². The Morgan fingerprint density at radius 1 is 0.765 bits per heavy atom. The average molecular weight is 466 g/mol. The van der Waals surface area contributed by atoms with Crippen molar-refractivity contribution in [2.75, 3.05) is 0 Å². The fourth-order valence-corrected chi connectivity index (χ4v) is 11.6. The molecule has 6 aliphatic rings. The molecule has 0 amide bonds. The Hall–Kier alpha value is -1.03. The van der Waals surface area contributed by atoms with Crippen LogP contribution < -0.4 is 0 Å². The fraction of sp³-hybridized carbons (Fsp3) is 0.900. The molecule has 5 saturated carbocycles. The van der Waals surface area contributed by atoms with E-state index in [0.717, 1.165) is 30.1 Å². The minimum Gasteiger partial charge on any atom is -0.393 e. The Bertz CT molecular complexity index is 908. The van der Waals surface area contributed by atoms with Gasteiger partial charge in [0, 0.05) is 5.92 Å². The van der Waals surface area contributed by atoms with Gasteiger partial charge in [-0.15, -0.1) is 0 Å². The maximum absolute atomic E-state index is 10.9. The summed E-state index contributed by atoms with van der Waals surface area (Å²) in [5, 5.41) is 18.8. The summed E-state index contributed by atoms with van der Waals surface area (Å²) in [5.74, 6) is 4.35. The number of nitrogens with one attached hydrogen (secondary N) is 1. The number of rotatable bonds is 1. The van der Waals surface area contributed by atoms with E-state index >= 15 is 0 Å². The van der Waals surface area contributed by atoms with Crippen LogP contribution in [0.4, 0.5) is 0 Å². The molecule has 5 fully saturated rings. The lowest BCUT2D eigenvalue weighted by Gasteiger charge is -2.69. The van der Waals surface area contributed by atoms with Crippen molar-refractivity contribution in [3.05, 3.63) is 0 Å². The van der Waals surface area contributed by atoms with Crippen LogP contribution in [0, 0.1) is 62.6 Å². The molecule has 0 bridgehead atoms. The number of hydrogen-bond donors (Lipinski definition) is 2. The molecule has 4 heteroatoms. The van der Waals surface area contributed by atoms with Crippen molar-refractivity contribution >= 4 is 18.1 Å². The zero-order valence-electron chi connectivity index (χ0n) is 22.2. The zero-order valence-corrected chi connectivity index (χ0v) is 22.2. The second-order valence-electron chi connectivity index (χ2n) is 14.7. The number of aliphatic hydroxyl groups is 1. The molecule has 4 nitrogen and oxygen atoms in total. The van der Waals surface area contributed by atoms with Crippen LogP contribution in [0.15, 0.2) is 9.98 Å². The average Bonchev–Trinajstić information content (AvgIpc) is 3.14. The Labute approximate surface area is 207 Å². The molecule has 1 heterocycles. The summed E-state index contributed by atoms with van der Waals surface area (Å²) in [6.45, 7) is 12.6. The monoisotopic (exact) mass is 465 g/mol. The molecule has 188 valence electrons. The number of hydrogen-bond acceptors (Lipinski definition) is 4. The van der Waals surface area contributed by atoms with Gasteiger partial charge in [-0.2, -0.15) is 0 Å². The van der Waals surface area contributed by atoms with Crippen LogP contribution in [0.1, 0.15) is 98.8 Å². The molecule has 0 radical (unpaired) electrons. The van der Waals surface area contributed by atoms with Crippen LogP contribution in [-0.4, -0.2) is 35.5 Å². The van der Waals surface area contributed by atoms with Crippen LogP contribution in [0.25, 0.3) is 0 Å². The fourth-order valence-electron chi connectivity index (χ4n) is 11.6. The van der Waals surface area contributed by atoms with Gasteiger partial charge < -0.3 is 5.11 Å². The smallest absolute Gasteiger partial charge is 0.142 e. The van der Waals surface area contributed by atoms with Gasteiger partial charge in [-0.25, -0.2) is 0 Å². The topological polar surface area (TPSA) is 68.8 Å². The van der Waals surface area contributed by atoms with E-state index in [9.17, 15) is 5.11 Å². The predicted molar refractivity (Wildman–Crippen MR) is 140 cm³/mol. The van der Waals surface area contributed by atoms with Crippen molar-refractivity contribution in [3.63, 3.8) is 0 Å². The summed E-state index contributed by atoms with van der Waals surface area (Å²) < 4.78 is 0. The van der Waals surface area contributed by atoms with Gasteiger partial charge >= 0.3 is 0 Å². The van der Waals surface area contributed by atoms with E-state index in [1.807, 2.05) is 0 Å². The molecule has 10 unspecified atom stereocenters. The van der Waals surface area contributed by atoms with E-state index in [-0.39, 0.29) is 17.7 Å². The lowest BCUT2D eigenvalue weighted by molar-refractivity contribution is -0.216. The molecule has 0 aromatic carbocycles. The summed E-state index contributed by atoms with van der Waals surface area (Å²) in [6.07, 6.45) is 16.3. The number of aliphatic hydroxyl groups excluding tert-OH is 1. The van der Waals surface area contributed by atoms with Gasteiger partial charge in [0.15, 0.2) is 0 Å². The van der Waals surface area contributed by atoms with Gasteiger partial charge in [-0.1, -0.05) is 34.6 Å². The SMILES string of the molecule is CC12CCC(C3N=CC(=N)C=N3)C1C1CCC3C(C)(CCC4C(C)(C)C(O)CCC43C)C1CC2. The molecule has 6 rings (SSSR count). The van der Waals surface area contributed by atoms with Crippen molar-refractivity contribution in [1.82, 2.24) is 0 Å². The Balaban J connectivity index is 1.32. The van der Waals surface area contributed by atoms with E-state index in [1.54, 1.807) is 12.4 Å². The molecule has 10 atom stereocenters. The maximum Gasteiger partial charge on any atom is 0.142 e. The molecule has 34 heavy (non-hydrogen) atoms. The molecular formula is C30H47N3O. The summed E-state index contributed by atoms with van der Waals surface area (Å²) in [5.41, 5.74) is 1.73. The van der Waals surface area contributed by atoms with E-state index in [4.69, 9.17) is 15.4 Å². The lowest BCUT2D eigenvalue weighted by Crippen LogP contribution is -2.63. The highest BCUT2D eigenvalue weighted by Crippen LogP contribution is 2.73. The maximum atomic E-state index is 10.9. The molecule has 0 aromatic heterocycles. The van der Waals surface area contributed by atoms with Crippen molar-refractivity contribution < 1.29 is 5.11 Å². The highest BCUT2D eigenvalue weighted by Gasteiger charge is 2.66. The Kier molecular flexibility index (Phi) is 5.15. The Morgan fingerprint density at radius 3 is 2.18 bits per heavy atom. The van der Waals surface area contributed by atoms with Gasteiger partial charge in [-0.3, -0.25) is 15.4 Å². The third-order valence-electron chi connectivity index (χ3n) is 13.1. The summed E-state index contributed by atoms with van der Waals surface area (Å²) >= 11 is 0.